The van der Waals surface area contributed by atoms with Gasteiger partial charge in [-0.05, 0) is 12.8 Å². The quantitative estimate of drug-likeness (QED) is 0.828. The molecule has 0 radical (unpaired) electrons. The zero-order chi connectivity index (χ0) is 14.6. The van der Waals surface area contributed by atoms with Crippen LogP contribution in [0.3, 0.4) is 0 Å². The van der Waals surface area contributed by atoms with Crippen LogP contribution in [0.25, 0.3) is 0 Å². The molecule has 5 nitrogen and oxygen atoms in total. The maximum Gasteiger partial charge on any atom is 0.408 e. The van der Waals surface area contributed by atoms with Crippen LogP contribution >= 0.6 is 0 Å². The predicted octanol–water partition coefficient (Wildman–Crippen LogP) is 0.691. The van der Waals surface area contributed by atoms with Crippen molar-refractivity contribution in [1.29, 1.82) is 0 Å². The van der Waals surface area contributed by atoms with Crippen molar-refractivity contribution in [3.8, 4) is 0 Å². The van der Waals surface area contributed by atoms with Crippen LogP contribution in [-0.4, -0.2) is 55.2 Å². The van der Waals surface area contributed by atoms with E-state index in [1.54, 1.807) is 0 Å². The molecular formula is C11H17F3N2O3. The molecule has 1 heterocycles. The van der Waals surface area contributed by atoms with Crippen molar-refractivity contribution in [3.63, 3.8) is 0 Å². The second-order valence-corrected chi connectivity index (χ2v) is 4.51. The molecule has 0 aromatic heterocycles. The first-order valence-electron chi connectivity index (χ1n) is 5.88. The SMILES string of the molecule is COCC(=O)N1C[C@@H](NC(C)=O)CC[C@H]1C(F)(F)F. The Morgan fingerprint density at radius 3 is 2.47 bits per heavy atom. The van der Waals surface area contributed by atoms with Gasteiger partial charge in [0.2, 0.25) is 11.8 Å². The van der Waals surface area contributed by atoms with Crippen LogP contribution < -0.4 is 5.32 Å². The Bertz CT molecular complexity index is 347. The van der Waals surface area contributed by atoms with E-state index in [0.29, 0.717) is 0 Å². The van der Waals surface area contributed by atoms with Crippen LogP contribution in [0.4, 0.5) is 13.2 Å². The van der Waals surface area contributed by atoms with Crippen molar-refractivity contribution >= 4 is 11.8 Å². The molecule has 0 bridgehead atoms. The van der Waals surface area contributed by atoms with E-state index in [0.717, 1.165) is 4.90 Å². The Hall–Kier alpha value is -1.31. The fraction of sp³-hybridized carbons (Fsp3) is 0.818. The van der Waals surface area contributed by atoms with Gasteiger partial charge in [-0.25, -0.2) is 0 Å². The maximum absolute atomic E-state index is 12.9. The smallest absolute Gasteiger partial charge is 0.375 e. The van der Waals surface area contributed by atoms with Crippen LogP contribution in [0.15, 0.2) is 0 Å². The number of hydrogen-bond acceptors (Lipinski definition) is 3. The highest BCUT2D eigenvalue weighted by Gasteiger charge is 2.47. The molecule has 1 N–H and O–H groups in total. The van der Waals surface area contributed by atoms with E-state index in [-0.39, 0.29) is 25.3 Å². The van der Waals surface area contributed by atoms with Crippen LogP contribution in [0.1, 0.15) is 19.8 Å². The van der Waals surface area contributed by atoms with E-state index >= 15 is 0 Å². The lowest BCUT2D eigenvalue weighted by Gasteiger charge is -2.40. The lowest BCUT2D eigenvalue weighted by Crippen LogP contribution is -2.58. The third-order valence-corrected chi connectivity index (χ3v) is 2.96. The molecule has 1 fully saturated rings. The van der Waals surface area contributed by atoms with Crippen molar-refractivity contribution in [3.05, 3.63) is 0 Å². The van der Waals surface area contributed by atoms with E-state index < -0.39 is 30.8 Å². The van der Waals surface area contributed by atoms with Crippen LogP contribution in [0, 0.1) is 0 Å². The second-order valence-electron chi connectivity index (χ2n) is 4.51. The number of carbonyl (C=O) groups excluding carboxylic acids is 2. The Balaban J connectivity index is 2.80. The van der Waals surface area contributed by atoms with Gasteiger partial charge in [0.15, 0.2) is 0 Å². The third kappa shape index (κ3) is 4.38. The molecule has 0 aromatic carbocycles. The minimum Gasteiger partial charge on any atom is -0.375 e. The summed E-state index contributed by atoms with van der Waals surface area (Å²) in [6.07, 6.45) is -4.49. The minimum atomic E-state index is -4.47. The fourth-order valence-electron chi connectivity index (χ4n) is 2.20. The van der Waals surface area contributed by atoms with Crippen molar-refractivity contribution in [1.82, 2.24) is 10.2 Å². The van der Waals surface area contributed by atoms with E-state index in [2.05, 4.69) is 10.1 Å². The highest BCUT2D eigenvalue weighted by atomic mass is 19.4. The van der Waals surface area contributed by atoms with Crippen LogP contribution in [0.5, 0.6) is 0 Å². The number of alkyl halides is 3. The minimum absolute atomic E-state index is 0.147. The molecule has 1 saturated heterocycles. The van der Waals surface area contributed by atoms with Gasteiger partial charge in [-0.3, -0.25) is 9.59 Å². The van der Waals surface area contributed by atoms with Gasteiger partial charge >= 0.3 is 6.18 Å². The molecule has 0 saturated carbocycles. The van der Waals surface area contributed by atoms with Gasteiger partial charge in [-0.15, -0.1) is 0 Å². The molecule has 8 heteroatoms. The predicted molar refractivity (Wildman–Crippen MR) is 60.3 cm³/mol. The summed E-state index contributed by atoms with van der Waals surface area (Å²) in [5.74, 6) is -1.05. The summed E-state index contributed by atoms with van der Waals surface area (Å²) < 4.78 is 43.2. The maximum atomic E-state index is 12.9. The molecule has 1 rings (SSSR count). The van der Waals surface area contributed by atoms with Gasteiger partial charge in [0.1, 0.15) is 12.6 Å². The zero-order valence-corrected chi connectivity index (χ0v) is 10.8. The van der Waals surface area contributed by atoms with Gasteiger partial charge in [-0.2, -0.15) is 13.2 Å². The molecule has 19 heavy (non-hydrogen) atoms. The molecule has 0 aliphatic carbocycles. The lowest BCUT2D eigenvalue weighted by atomic mass is 9.97. The van der Waals surface area contributed by atoms with Gasteiger partial charge < -0.3 is 15.0 Å². The van der Waals surface area contributed by atoms with Crippen molar-refractivity contribution in [2.24, 2.45) is 0 Å². The zero-order valence-electron chi connectivity index (χ0n) is 10.8. The molecule has 2 amide bonds. The standard InChI is InChI=1S/C11H17F3N2O3/c1-7(17)15-8-3-4-9(11(12,13)14)16(5-8)10(18)6-19-2/h8-9H,3-6H2,1-2H3,(H,15,17)/t8-,9-/m0/s1. The van der Waals surface area contributed by atoms with E-state index in [4.69, 9.17) is 0 Å². The number of hydrogen-bond donors (Lipinski definition) is 1. The third-order valence-electron chi connectivity index (χ3n) is 2.96. The van der Waals surface area contributed by atoms with Crippen LogP contribution in [-0.2, 0) is 14.3 Å². The van der Waals surface area contributed by atoms with Gasteiger partial charge in [0, 0.05) is 26.6 Å². The summed E-state index contributed by atoms with van der Waals surface area (Å²) in [6.45, 7) is 0.739. The molecule has 0 unspecified atom stereocenters. The molecular weight excluding hydrogens is 265 g/mol. The number of likely N-dealkylation sites (tertiary alicyclic amines) is 1. The Morgan fingerprint density at radius 1 is 1.37 bits per heavy atom. The molecule has 0 spiro atoms. The first-order chi connectivity index (χ1) is 8.75. The van der Waals surface area contributed by atoms with Gasteiger partial charge in [0.25, 0.3) is 0 Å². The Morgan fingerprint density at radius 2 is 2.00 bits per heavy atom. The summed E-state index contributed by atoms with van der Waals surface area (Å²) in [4.78, 5) is 23.3. The largest absolute Gasteiger partial charge is 0.408 e. The van der Waals surface area contributed by atoms with E-state index in [1.807, 2.05) is 0 Å². The number of nitrogens with one attached hydrogen (secondary N) is 1. The van der Waals surface area contributed by atoms with Gasteiger partial charge in [-0.1, -0.05) is 0 Å². The van der Waals surface area contributed by atoms with Gasteiger partial charge in [0.05, 0.1) is 0 Å². The summed E-state index contributed by atoms with van der Waals surface area (Å²) in [7, 11) is 1.25. The number of nitrogens with zero attached hydrogens (tertiary/aromatic N) is 1. The average Bonchev–Trinajstić information content (AvgIpc) is 2.26. The van der Waals surface area contributed by atoms with E-state index in [1.165, 1.54) is 14.0 Å². The molecule has 1 aliphatic heterocycles. The van der Waals surface area contributed by atoms with E-state index in [9.17, 15) is 22.8 Å². The monoisotopic (exact) mass is 282 g/mol. The number of methoxy groups -OCH3 is 1. The lowest BCUT2D eigenvalue weighted by molar-refractivity contribution is -0.198. The summed E-state index contributed by atoms with van der Waals surface area (Å²) in [6, 6.07) is -2.25. The Labute approximate surface area is 109 Å². The van der Waals surface area contributed by atoms with Crippen molar-refractivity contribution < 1.29 is 27.5 Å². The Kier molecular flexibility index (Phi) is 5.16. The number of rotatable bonds is 3. The molecule has 110 valence electrons. The summed E-state index contributed by atoms with van der Waals surface area (Å²) in [5, 5.41) is 2.54. The molecule has 0 aromatic rings. The topological polar surface area (TPSA) is 58.6 Å². The average molecular weight is 282 g/mol. The van der Waals surface area contributed by atoms with Crippen molar-refractivity contribution in [2.45, 2.75) is 38.0 Å². The highest BCUT2D eigenvalue weighted by Crippen LogP contribution is 2.32. The highest BCUT2D eigenvalue weighted by molar-refractivity contribution is 5.78. The first kappa shape index (κ1) is 15.7. The normalized spacial score (nSPS) is 24.2. The number of halogens is 3. The second kappa shape index (κ2) is 6.23. The number of amides is 2. The fourth-order valence-corrected chi connectivity index (χ4v) is 2.20. The summed E-state index contributed by atoms with van der Waals surface area (Å²) >= 11 is 0. The summed E-state index contributed by atoms with van der Waals surface area (Å²) in [5.41, 5.74) is 0. The van der Waals surface area contributed by atoms with Crippen molar-refractivity contribution in [2.75, 3.05) is 20.3 Å². The number of ether oxygens (including phenoxy) is 1. The molecule has 2 atom stereocenters. The number of piperidine rings is 1. The number of carbonyl (C=O) groups is 2. The molecule has 1 aliphatic rings. The van der Waals surface area contributed by atoms with Crippen LogP contribution in [0.2, 0.25) is 0 Å². The first-order valence-corrected chi connectivity index (χ1v) is 5.88.